The van der Waals surface area contributed by atoms with E-state index in [9.17, 15) is 9.59 Å². The van der Waals surface area contributed by atoms with Crippen LogP contribution in [0.4, 0.5) is 4.39 Å². The van der Waals surface area contributed by atoms with E-state index in [1.165, 1.54) is 18.2 Å². The van der Waals surface area contributed by atoms with Crippen LogP contribution in [0.15, 0.2) is 79.4 Å². The average molecular weight is 488 g/mol. The molecule has 0 aliphatic heterocycles. The lowest BCUT2D eigenvalue weighted by Gasteiger charge is -2.14. The van der Waals surface area contributed by atoms with Crippen molar-refractivity contribution in [3.63, 3.8) is 0 Å². The molecule has 0 saturated carbocycles. The van der Waals surface area contributed by atoms with Gasteiger partial charge in [-0.2, -0.15) is 5.10 Å². The Balaban J connectivity index is 1.39. The molecule has 0 bridgehead atoms. The summed E-state index contributed by atoms with van der Waals surface area (Å²) in [6.07, 6.45) is 7.03. The number of imidazole rings is 1. The standard InChI is InChI=1S/C26H19ClFN5O2/c1-15(25(34)17-3-2-4-20(27)9-17)32-26(35)21-7-5-16(10-22(21)28)23-13-29-24-8-6-18(14-33(23)24)19-11-30-31-12-19/h2-15H,1H3,(H,30,31)(H,32,35)/t15-/m0/s1. The lowest BCUT2D eigenvalue weighted by Crippen LogP contribution is -2.38. The fourth-order valence-corrected chi connectivity index (χ4v) is 4.05. The number of benzene rings is 2. The van der Waals surface area contributed by atoms with Crippen LogP contribution in [0.1, 0.15) is 27.6 Å². The molecule has 3 aromatic heterocycles. The summed E-state index contributed by atoms with van der Waals surface area (Å²) in [5, 5.41) is 9.74. The molecule has 35 heavy (non-hydrogen) atoms. The van der Waals surface area contributed by atoms with Crippen molar-refractivity contribution >= 4 is 28.9 Å². The van der Waals surface area contributed by atoms with Crippen LogP contribution in [0.5, 0.6) is 0 Å². The molecule has 2 N–H and O–H groups in total. The first-order valence-electron chi connectivity index (χ1n) is 10.8. The Kier molecular flexibility index (Phi) is 5.88. The number of amides is 1. The van der Waals surface area contributed by atoms with Gasteiger partial charge >= 0.3 is 0 Å². The second-order valence-corrected chi connectivity index (χ2v) is 8.48. The van der Waals surface area contributed by atoms with Gasteiger partial charge in [-0.15, -0.1) is 0 Å². The van der Waals surface area contributed by atoms with E-state index in [1.54, 1.807) is 49.8 Å². The summed E-state index contributed by atoms with van der Waals surface area (Å²) >= 11 is 5.94. The van der Waals surface area contributed by atoms with Gasteiger partial charge < -0.3 is 5.32 Å². The Bertz CT molecular complexity index is 1560. The second-order valence-electron chi connectivity index (χ2n) is 8.04. The Hall–Kier alpha value is -4.30. The third kappa shape index (κ3) is 4.43. The Labute approximate surface area is 204 Å². The third-order valence-electron chi connectivity index (χ3n) is 5.70. The van der Waals surface area contributed by atoms with Crippen molar-refractivity contribution in [2.75, 3.05) is 0 Å². The number of halogens is 2. The number of hydrogen-bond donors (Lipinski definition) is 2. The van der Waals surface area contributed by atoms with E-state index in [0.29, 0.717) is 27.5 Å². The number of ketones is 1. The summed E-state index contributed by atoms with van der Waals surface area (Å²) in [4.78, 5) is 29.7. The first kappa shape index (κ1) is 22.5. The van der Waals surface area contributed by atoms with Crippen molar-refractivity contribution in [1.29, 1.82) is 0 Å². The predicted octanol–water partition coefficient (Wildman–Crippen LogP) is 5.19. The molecule has 0 aliphatic carbocycles. The Morgan fingerprint density at radius 3 is 2.63 bits per heavy atom. The van der Waals surface area contributed by atoms with E-state index in [-0.39, 0.29) is 11.3 Å². The lowest BCUT2D eigenvalue weighted by molar-refractivity contribution is 0.0863. The van der Waals surface area contributed by atoms with Crippen LogP contribution in [-0.4, -0.2) is 37.3 Å². The van der Waals surface area contributed by atoms with Gasteiger partial charge in [0.25, 0.3) is 5.91 Å². The number of aromatic amines is 1. The minimum atomic E-state index is -0.861. The van der Waals surface area contributed by atoms with E-state index in [4.69, 9.17) is 11.6 Å². The molecule has 0 unspecified atom stereocenters. The topological polar surface area (TPSA) is 92.2 Å². The first-order valence-corrected chi connectivity index (χ1v) is 11.2. The molecule has 0 radical (unpaired) electrons. The average Bonchev–Trinajstić information content (AvgIpc) is 3.53. The zero-order valence-electron chi connectivity index (χ0n) is 18.5. The fourth-order valence-electron chi connectivity index (χ4n) is 3.86. The SMILES string of the molecule is C[C@H](NC(=O)c1ccc(-c2cnc3ccc(-c4cn[nH]c4)cn23)cc1F)C(=O)c1cccc(Cl)c1. The highest BCUT2D eigenvalue weighted by molar-refractivity contribution is 6.31. The van der Waals surface area contributed by atoms with Crippen LogP contribution in [0.3, 0.4) is 0 Å². The number of carbonyl (C=O) groups is 2. The molecule has 1 amide bonds. The highest BCUT2D eigenvalue weighted by Crippen LogP contribution is 2.26. The van der Waals surface area contributed by atoms with Gasteiger partial charge in [-0.25, -0.2) is 9.37 Å². The van der Waals surface area contributed by atoms with Gasteiger partial charge in [0.2, 0.25) is 0 Å². The molecule has 7 nitrogen and oxygen atoms in total. The highest BCUT2D eigenvalue weighted by atomic mass is 35.5. The molecule has 1 atom stereocenters. The van der Waals surface area contributed by atoms with Gasteiger partial charge in [-0.1, -0.05) is 29.8 Å². The Morgan fingerprint density at radius 2 is 1.89 bits per heavy atom. The number of H-pyrrole nitrogens is 1. The minimum absolute atomic E-state index is 0.160. The van der Waals surface area contributed by atoms with Gasteiger partial charge in [0.05, 0.1) is 29.7 Å². The zero-order valence-corrected chi connectivity index (χ0v) is 19.3. The lowest BCUT2D eigenvalue weighted by atomic mass is 10.0. The largest absolute Gasteiger partial charge is 0.342 e. The van der Waals surface area contributed by atoms with E-state index < -0.39 is 17.8 Å². The van der Waals surface area contributed by atoms with Gasteiger partial charge in [-0.3, -0.25) is 19.1 Å². The number of rotatable bonds is 6. The van der Waals surface area contributed by atoms with Crippen LogP contribution < -0.4 is 5.32 Å². The number of fused-ring (bicyclic) bond motifs is 1. The van der Waals surface area contributed by atoms with Gasteiger partial charge in [0, 0.05) is 39.7 Å². The number of hydrogen-bond acceptors (Lipinski definition) is 4. The first-order chi connectivity index (χ1) is 16.9. The molecule has 0 saturated heterocycles. The summed E-state index contributed by atoms with van der Waals surface area (Å²) in [6, 6.07) is 13.7. The van der Waals surface area contributed by atoms with E-state index in [0.717, 1.165) is 11.1 Å². The van der Waals surface area contributed by atoms with E-state index in [1.807, 2.05) is 22.7 Å². The maximum Gasteiger partial charge on any atom is 0.254 e. The molecule has 0 aliphatic rings. The summed E-state index contributed by atoms with van der Waals surface area (Å²) < 4.78 is 16.9. The van der Waals surface area contributed by atoms with Crippen molar-refractivity contribution in [1.82, 2.24) is 24.9 Å². The maximum atomic E-state index is 15.0. The highest BCUT2D eigenvalue weighted by Gasteiger charge is 2.21. The molecule has 0 fully saturated rings. The molecule has 5 aromatic rings. The normalized spacial score (nSPS) is 12.0. The summed E-state index contributed by atoms with van der Waals surface area (Å²) in [5.41, 5.74) is 3.95. The third-order valence-corrected chi connectivity index (χ3v) is 5.93. The quantitative estimate of drug-likeness (QED) is 0.323. The van der Waals surface area contributed by atoms with E-state index in [2.05, 4.69) is 20.5 Å². The maximum absolute atomic E-state index is 15.0. The summed E-state index contributed by atoms with van der Waals surface area (Å²) in [5.74, 6) is -1.71. The van der Waals surface area contributed by atoms with Crippen molar-refractivity contribution < 1.29 is 14.0 Å². The van der Waals surface area contributed by atoms with Crippen LogP contribution >= 0.6 is 11.6 Å². The summed E-state index contributed by atoms with van der Waals surface area (Å²) in [6.45, 7) is 1.55. The number of aromatic nitrogens is 4. The number of carbonyl (C=O) groups excluding carboxylic acids is 2. The van der Waals surface area contributed by atoms with Crippen molar-refractivity contribution in [2.24, 2.45) is 0 Å². The van der Waals surface area contributed by atoms with E-state index >= 15 is 4.39 Å². The second kappa shape index (κ2) is 9.15. The number of nitrogens with one attached hydrogen (secondary N) is 2. The van der Waals surface area contributed by atoms with Crippen LogP contribution in [0.25, 0.3) is 28.0 Å². The van der Waals surface area contributed by atoms with Crippen LogP contribution in [-0.2, 0) is 0 Å². The van der Waals surface area contributed by atoms with Gasteiger partial charge in [0.1, 0.15) is 11.5 Å². The number of nitrogens with zero attached hydrogens (tertiary/aromatic N) is 3. The smallest absolute Gasteiger partial charge is 0.254 e. The minimum Gasteiger partial charge on any atom is -0.342 e. The number of Topliss-reactive ketones (excluding diaryl/α,β-unsaturated/α-hetero) is 1. The molecule has 0 spiro atoms. The Morgan fingerprint density at radius 1 is 1.06 bits per heavy atom. The van der Waals surface area contributed by atoms with Crippen LogP contribution in [0.2, 0.25) is 5.02 Å². The molecule has 9 heteroatoms. The van der Waals surface area contributed by atoms with Crippen LogP contribution in [0, 0.1) is 5.82 Å². The molecule has 5 rings (SSSR count). The monoisotopic (exact) mass is 487 g/mol. The molecular formula is C26H19ClFN5O2. The van der Waals surface area contributed by atoms with Crippen molar-refractivity contribution in [2.45, 2.75) is 13.0 Å². The molecular weight excluding hydrogens is 469 g/mol. The summed E-state index contributed by atoms with van der Waals surface area (Å²) in [7, 11) is 0. The van der Waals surface area contributed by atoms with Gasteiger partial charge in [-0.05, 0) is 43.3 Å². The molecule has 3 heterocycles. The predicted molar refractivity (Wildman–Crippen MR) is 131 cm³/mol. The van der Waals surface area contributed by atoms with Crippen molar-refractivity contribution in [3.05, 3.63) is 101 Å². The number of pyridine rings is 1. The fraction of sp³-hybridized carbons (Fsp3) is 0.0769. The van der Waals surface area contributed by atoms with Crippen molar-refractivity contribution in [3.8, 4) is 22.4 Å². The molecule has 174 valence electrons. The van der Waals surface area contributed by atoms with Gasteiger partial charge in [0.15, 0.2) is 5.78 Å². The zero-order chi connectivity index (χ0) is 24.5. The molecule has 2 aromatic carbocycles.